The standard InChI is InChI=1S/C21H23N5O3S2/c1-10(18(28)23-19-15(17(22)27)11-6-2-4-8-13(11)30-19)26-21(29)16-12-7-3-5-9-14(12)31-20(16)24-25-26/h10H,2-9H2,1H3,(H2,22,27)(H,23,28). The van der Waals surface area contributed by atoms with Gasteiger partial charge in [0, 0.05) is 9.75 Å². The van der Waals surface area contributed by atoms with Crippen LogP contribution in [0.1, 0.15) is 69.9 Å². The predicted molar refractivity (Wildman–Crippen MR) is 121 cm³/mol. The van der Waals surface area contributed by atoms with E-state index in [-0.39, 0.29) is 5.56 Å². The Bertz CT molecular complexity index is 1270. The van der Waals surface area contributed by atoms with Crippen molar-refractivity contribution in [1.29, 1.82) is 0 Å². The van der Waals surface area contributed by atoms with Crippen molar-refractivity contribution in [3.05, 3.63) is 36.8 Å². The van der Waals surface area contributed by atoms with Gasteiger partial charge in [-0.1, -0.05) is 5.21 Å². The lowest BCUT2D eigenvalue weighted by molar-refractivity contribution is -0.119. The monoisotopic (exact) mass is 457 g/mol. The van der Waals surface area contributed by atoms with E-state index in [0.29, 0.717) is 20.8 Å². The molecule has 8 nitrogen and oxygen atoms in total. The molecule has 0 aromatic carbocycles. The van der Waals surface area contributed by atoms with E-state index in [1.165, 1.54) is 27.6 Å². The van der Waals surface area contributed by atoms with Gasteiger partial charge in [0.05, 0.1) is 10.9 Å². The molecule has 0 saturated heterocycles. The molecule has 3 aromatic rings. The van der Waals surface area contributed by atoms with Crippen LogP contribution in [0.15, 0.2) is 4.79 Å². The first kappa shape index (κ1) is 20.3. The Kier molecular flexibility index (Phi) is 5.13. The zero-order chi connectivity index (χ0) is 21.7. The molecule has 0 fully saturated rings. The van der Waals surface area contributed by atoms with E-state index in [1.54, 1.807) is 6.92 Å². The van der Waals surface area contributed by atoms with Crippen LogP contribution in [-0.4, -0.2) is 26.8 Å². The maximum Gasteiger partial charge on any atom is 0.279 e. The number of carbonyl (C=O) groups is 2. The second kappa shape index (κ2) is 7.83. The zero-order valence-corrected chi connectivity index (χ0v) is 18.8. The number of fused-ring (bicyclic) bond motifs is 4. The summed E-state index contributed by atoms with van der Waals surface area (Å²) in [5, 5.41) is 12.2. The molecule has 0 spiro atoms. The van der Waals surface area contributed by atoms with Crippen LogP contribution >= 0.6 is 22.7 Å². The number of hydrogen-bond donors (Lipinski definition) is 2. The Labute approximate surface area is 186 Å². The minimum atomic E-state index is -0.872. The molecule has 3 aromatic heterocycles. The van der Waals surface area contributed by atoms with Gasteiger partial charge in [0.1, 0.15) is 11.0 Å². The highest BCUT2D eigenvalue weighted by molar-refractivity contribution is 7.18. The van der Waals surface area contributed by atoms with Gasteiger partial charge in [-0.2, -0.15) is 4.68 Å². The van der Waals surface area contributed by atoms with Crippen LogP contribution in [0, 0.1) is 0 Å². The van der Waals surface area contributed by atoms with Gasteiger partial charge in [-0.3, -0.25) is 14.4 Å². The van der Waals surface area contributed by atoms with Crippen molar-refractivity contribution >= 4 is 49.7 Å². The zero-order valence-electron chi connectivity index (χ0n) is 17.2. The largest absolute Gasteiger partial charge is 0.365 e. The van der Waals surface area contributed by atoms with E-state index in [1.807, 2.05) is 0 Å². The Hall–Kier alpha value is -2.59. The van der Waals surface area contributed by atoms with Gasteiger partial charge in [-0.15, -0.1) is 27.8 Å². The molecule has 1 unspecified atom stereocenters. The van der Waals surface area contributed by atoms with Crippen molar-refractivity contribution in [1.82, 2.24) is 15.0 Å². The molecule has 10 heteroatoms. The molecule has 162 valence electrons. The van der Waals surface area contributed by atoms with Gasteiger partial charge < -0.3 is 11.1 Å². The van der Waals surface area contributed by atoms with Crippen LogP contribution < -0.4 is 16.6 Å². The van der Waals surface area contributed by atoms with E-state index in [2.05, 4.69) is 15.6 Å². The number of amides is 2. The smallest absolute Gasteiger partial charge is 0.279 e. The van der Waals surface area contributed by atoms with E-state index >= 15 is 0 Å². The van der Waals surface area contributed by atoms with E-state index in [4.69, 9.17) is 5.73 Å². The minimum absolute atomic E-state index is 0.285. The predicted octanol–water partition coefficient (Wildman–Crippen LogP) is 2.97. The summed E-state index contributed by atoms with van der Waals surface area (Å²) < 4.78 is 1.15. The average molecular weight is 458 g/mol. The first-order valence-corrected chi connectivity index (χ1v) is 12.2. The number of aromatic nitrogens is 3. The third-order valence-corrected chi connectivity index (χ3v) is 8.59. The Morgan fingerprint density at radius 3 is 2.39 bits per heavy atom. The van der Waals surface area contributed by atoms with Gasteiger partial charge >= 0.3 is 0 Å². The lowest BCUT2D eigenvalue weighted by Gasteiger charge is -2.14. The molecule has 0 saturated carbocycles. The first-order valence-electron chi connectivity index (χ1n) is 10.6. The molecule has 2 amide bonds. The number of aryl methyl sites for hydroxylation is 3. The second-order valence-corrected chi connectivity index (χ2v) is 10.4. The highest BCUT2D eigenvalue weighted by Gasteiger charge is 2.28. The lowest BCUT2D eigenvalue weighted by atomic mass is 9.95. The van der Waals surface area contributed by atoms with Crippen molar-refractivity contribution in [3.8, 4) is 0 Å². The number of rotatable bonds is 4. The molecule has 1 atom stereocenters. The maximum absolute atomic E-state index is 13.2. The van der Waals surface area contributed by atoms with Crippen molar-refractivity contribution in [2.24, 2.45) is 5.73 Å². The summed E-state index contributed by atoms with van der Waals surface area (Å²) in [4.78, 5) is 41.3. The molecule has 0 aliphatic heterocycles. The number of anilines is 1. The fourth-order valence-corrected chi connectivity index (χ4v) is 7.08. The van der Waals surface area contributed by atoms with Crippen molar-refractivity contribution in [2.45, 2.75) is 64.3 Å². The summed E-state index contributed by atoms with van der Waals surface area (Å²) in [6.45, 7) is 1.62. The van der Waals surface area contributed by atoms with Gasteiger partial charge in [0.25, 0.3) is 11.5 Å². The molecular weight excluding hydrogens is 434 g/mol. The molecule has 2 aliphatic carbocycles. The summed E-state index contributed by atoms with van der Waals surface area (Å²) in [6, 6.07) is -0.872. The molecule has 5 rings (SSSR count). The number of hydrogen-bond acceptors (Lipinski definition) is 7. The number of thiophene rings is 2. The van der Waals surface area contributed by atoms with Crippen LogP contribution in [0.3, 0.4) is 0 Å². The molecule has 3 N–H and O–H groups in total. The Morgan fingerprint density at radius 2 is 1.68 bits per heavy atom. The SMILES string of the molecule is CC(C(=O)Nc1sc2c(c1C(N)=O)CCCC2)n1nnc2sc3c(c2c1=O)CCCC3. The Morgan fingerprint density at radius 1 is 1.03 bits per heavy atom. The quantitative estimate of drug-likeness (QED) is 0.624. The molecule has 2 aliphatic rings. The molecule has 0 radical (unpaired) electrons. The first-order chi connectivity index (χ1) is 15.0. The van der Waals surface area contributed by atoms with Crippen LogP contribution in [0.5, 0.6) is 0 Å². The summed E-state index contributed by atoms with van der Waals surface area (Å²) >= 11 is 2.93. The highest BCUT2D eigenvalue weighted by Crippen LogP contribution is 2.38. The minimum Gasteiger partial charge on any atom is -0.365 e. The summed E-state index contributed by atoms with van der Waals surface area (Å²) in [7, 11) is 0. The normalized spacial score (nSPS) is 16.5. The van der Waals surface area contributed by atoms with E-state index in [0.717, 1.165) is 72.1 Å². The Balaban J connectivity index is 1.48. The highest BCUT2D eigenvalue weighted by atomic mass is 32.1. The second-order valence-electron chi connectivity index (χ2n) is 8.17. The number of nitrogens with two attached hydrogens (primary N) is 1. The van der Waals surface area contributed by atoms with Crippen molar-refractivity contribution < 1.29 is 9.59 Å². The molecule has 0 bridgehead atoms. The van der Waals surface area contributed by atoms with Crippen LogP contribution in [0.25, 0.3) is 10.2 Å². The fourth-order valence-electron chi connectivity index (χ4n) is 4.58. The van der Waals surface area contributed by atoms with Crippen molar-refractivity contribution in [3.63, 3.8) is 0 Å². The third-order valence-electron chi connectivity index (χ3n) is 6.21. The maximum atomic E-state index is 13.2. The lowest BCUT2D eigenvalue weighted by Crippen LogP contribution is -2.34. The summed E-state index contributed by atoms with van der Waals surface area (Å²) in [5.74, 6) is -0.952. The fraction of sp³-hybridized carbons (Fsp3) is 0.476. The summed E-state index contributed by atoms with van der Waals surface area (Å²) in [5.41, 5.74) is 7.76. The number of primary amides is 1. The molecule has 3 heterocycles. The van der Waals surface area contributed by atoms with E-state index < -0.39 is 17.9 Å². The average Bonchev–Trinajstić information content (AvgIpc) is 3.31. The third kappa shape index (κ3) is 3.38. The van der Waals surface area contributed by atoms with Gasteiger partial charge in [-0.05, 0) is 69.4 Å². The van der Waals surface area contributed by atoms with Crippen LogP contribution in [-0.2, 0) is 30.5 Å². The van der Waals surface area contributed by atoms with Crippen LogP contribution in [0.4, 0.5) is 5.00 Å². The number of nitrogens with zero attached hydrogens (tertiary/aromatic N) is 3. The van der Waals surface area contributed by atoms with Gasteiger partial charge in [0.15, 0.2) is 4.83 Å². The topological polar surface area (TPSA) is 120 Å². The van der Waals surface area contributed by atoms with Gasteiger partial charge in [-0.25, -0.2) is 0 Å². The number of carbonyl (C=O) groups excluding carboxylic acids is 2. The number of nitrogens with one attached hydrogen (secondary N) is 1. The van der Waals surface area contributed by atoms with Crippen LogP contribution in [0.2, 0.25) is 0 Å². The molecule has 31 heavy (non-hydrogen) atoms. The van der Waals surface area contributed by atoms with Gasteiger partial charge in [0.2, 0.25) is 5.91 Å². The van der Waals surface area contributed by atoms with E-state index in [9.17, 15) is 14.4 Å². The van der Waals surface area contributed by atoms with Crippen molar-refractivity contribution in [2.75, 3.05) is 5.32 Å². The molecular formula is C21H23N5O3S2. The summed E-state index contributed by atoms with van der Waals surface area (Å²) in [6.07, 6.45) is 7.74.